The minimum Gasteiger partial charge on any atom is -0.465 e. The number of aromatic nitrogens is 2. The first-order chi connectivity index (χ1) is 16.4. The number of methoxy groups -OCH3 is 1. The second-order valence-electron chi connectivity index (χ2n) is 7.19. The lowest BCUT2D eigenvalue weighted by atomic mass is 10.1. The van der Waals surface area contributed by atoms with Crippen molar-refractivity contribution >= 4 is 62.8 Å². The Morgan fingerprint density at radius 2 is 1.85 bits per heavy atom. The van der Waals surface area contributed by atoms with Crippen molar-refractivity contribution in [1.82, 2.24) is 9.97 Å². The summed E-state index contributed by atoms with van der Waals surface area (Å²) in [4.78, 5) is 43.8. The molecule has 0 aliphatic rings. The summed E-state index contributed by atoms with van der Waals surface area (Å²) in [6, 6.07) is 18.2. The Hall–Kier alpha value is -3.94. The van der Waals surface area contributed by atoms with Crippen LogP contribution in [0.15, 0.2) is 71.5 Å². The predicted octanol–water partition coefficient (Wildman–Crippen LogP) is 5.35. The van der Waals surface area contributed by atoms with Gasteiger partial charge in [0.1, 0.15) is 0 Å². The van der Waals surface area contributed by atoms with Gasteiger partial charge in [0, 0.05) is 5.69 Å². The van der Waals surface area contributed by atoms with Crippen LogP contribution in [0.2, 0.25) is 5.02 Å². The molecule has 4 aromatic rings. The zero-order valence-corrected chi connectivity index (χ0v) is 19.3. The fourth-order valence-electron chi connectivity index (χ4n) is 3.26. The van der Waals surface area contributed by atoms with Crippen molar-refractivity contribution in [2.45, 2.75) is 0 Å². The number of amides is 1. The van der Waals surface area contributed by atoms with Crippen molar-refractivity contribution in [1.29, 1.82) is 0 Å². The van der Waals surface area contributed by atoms with Crippen LogP contribution in [-0.4, -0.2) is 29.0 Å². The summed E-state index contributed by atoms with van der Waals surface area (Å²) in [6.07, 6.45) is 1.60. The number of nitrogens with one attached hydrogen (secondary N) is 2. The van der Waals surface area contributed by atoms with Crippen molar-refractivity contribution in [2.75, 3.05) is 12.4 Å². The molecule has 34 heavy (non-hydrogen) atoms. The van der Waals surface area contributed by atoms with E-state index in [9.17, 15) is 14.4 Å². The molecule has 9 heteroatoms. The third kappa shape index (κ3) is 5.01. The highest BCUT2D eigenvalue weighted by Crippen LogP contribution is 2.23. The third-order valence-electron chi connectivity index (χ3n) is 4.91. The molecule has 4 rings (SSSR count). The van der Waals surface area contributed by atoms with Crippen molar-refractivity contribution in [3.63, 3.8) is 0 Å². The maximum atomic E-state index is 12.5. The fourth-order valence-corrected chi connectivity index (χ4v) is 3.70. The van der Waals surface area contributed by atoms with Gasteiger partial charge in [-0.25, -0.2) is 9.78 Å². The number of halogens is 2. The molecule has 0 spiro atoms. The van der Waals surface area contributed by atoms with Gasteiger partial charge < -0.3 is 15.0 Å². The molecule has 0 bridgehead atoms. The number of carbonyl (C=O) groups excluding carboxylic acids is 2. The van der Waals surface area contributed by atoms with Crippen LogP contribution in [0, 0.1) is 0 Å². The molecule has 1 aromatic heterocycles. The monoisotopic (exact) mass is 493 g/mol. The van der Waals surface area contributed by atoms with E-state index in [1.54, 1.807) is 54.6 Å². The maximum Gasteiger partial charge on any atom is 0.337 e. The van der Waals surface area contributed by atoms with Crippen LogP contribution in [-0.2, 0) is 4.74 Å². The van der Waals surface area contributed by atoms with Crippen LogP contribution >= 0.6 is 23.2 Å². The van der Waals surface area contributed by atoms with Crippen LogP contribution < -0.4 is 10.9 Å². The van der Waals surface area contributed by atoms with E-state index in [0.29, 0.717) is 32.7 Å². The third-order valence-corrected chi connectivity index (χ3v) is 5.53. The highest BCUT2D eigenvalue weighted by atomic mass is 35.5. The number of aromatic amines is 1. The van der Waals surface area contributed by atoms with Gasteiger partial charge in [-0.15, -0.1) is 0 Å². The second kappa shape index (κ2) is 9.91. The molecule has 1 heterocycles. The largest absolute Gasteiger partial charge is 0.465 e. The first-order valence-electron chi connectivity index (χ1n) is 10.0. The van der Waals surface area contributed by atoms with E-state index in [1.165, 1.54) is 25.3 Å². The zero-order valence-electron chi connectivity index (χ0n) is 17.8. The lowest BCUT2D eigenvalue weighted by Crippen LogP contribution is -2.12. The first kappa shape index (κ1) is 23.2. The average Bonchev–Trinajstić information content (AvgIpc) is 2.83. The molecule has 7 nitrogen and oxygen atoms in total. The minimum atomic E-state index is -0.539. The molecular weight excluding hydrogens is 477 g/mol. The lowest BCUT2D eigenvalue weighted by molar-refractivity contribution is 0.0600. The average molecular weight is 494 g/mol. The van der Waals surface area contributed by atoms with Crippen LogP contribution in [0.5, 0.6) is 0 Å². The minimum absolute atomic E-state index is 0.131. The van der Waals surface area contributed by atoms with Gasteiger partial charge in [-0.3, -0.25) is 9.59 Å². The first-order valence-corrected chi connectivity index (χ1v) is 10.8. The molecule has 0 unspecified atom stereocenters. The predicted molar refractivity (Wildman–Crippen MR) is 133 cm³/mol. The summed E-state index contributed by atoms with van der Waals surface area (Å²) >= 11 is 12.5. The molecule has 2 N–H and O–H groups in total. The SMILES string of the molecule is COC(=O)c1ccc2c(=O)[nH]c(/C(Cl)=C/c3cccc(NC(=O)c4ccccc4Cl)c3)nc2c1. The summed E-state index contributed by atoms with van der Waals surface area (Å²) in [6.45, 7) is 0. The van der Waals surface area contributed by atoms with E-state index < -0.39 is 11.5 Å². The number of esters is 1. The summed E-state index contributed by atoms with van der Waals surface area (Å²) in [5.41, 5.74) is 1.71. The standard InChI is InChI=1S/C25H17Cl2N3O4/c1-34-25(33)15-9-10-18-21(13-15)29-22(30-24(18)32)20(27)12-14-5-4-6-16(11-14)28-23(31)17-7-2-3-8-19(17)26/h2-13H,1H3,(H,28,31)(H,29,30,32)/b20-12-. The molecule has 0 saturated heterocycles. The zero-order chi connectivity index (χ0) is 24.2. The lowest BCUT2D eigenvalue weighted by Gasteiger charge is -2.08. The topological polar surface area (TPSA) is 101 Å². The Labute approximate surface area is 204 Å². The van der Waals surface area contributed by atoms with Gasteiger partial charge in [0.15, 0.2) is 5.82 Å². The highest BCUT2D eigenvalue weighted by Gasteiger charge is 2.12. The molecule has 0 aliphatic heterocycles. The van der Waals surface area contributed by atoms with E-state index in [2.05, 4.69) is 15.3 Å². The summed E-state index contributed by atoms with van der Waals surface area (Å²) < 4.78 is 4.72. The van der Waals surface area contributed by atoms with Crippen LogP contribution in [0.3, 0.4) is 0 Å². The molecular formula is C25H17Cl2N3O4. The number of benzene rings is 3. The Bertz CT molecular complexity index is 1510. The van der Waals surface area contributed by atoms with Crippen LogP contribution in [0.1, 0.15) is 32.1 Å². The quantitative estimate of drug-likeness (QED) is 0.364. The van der Waals surface area contributed by atoms with Gasteiger partial charge in [0.2, 0.25) is 0 Å². The Kier molecular flexibility index (Phi) is 6.77. The molecule has 0 saturated carbocycles. The number of rotatable bonds is 5. The van der Waals surface area contributed by atoms with Crippen LogP contribution in [0.4, 0.5) is 5.69 Å². The maximum absolute atomic E-state index is 12.5. The smallest absolute Gasteiger partial charge is 0.337 e. The number of fused-ring (bicyclic) bond motifs is 1. The van der Waals surface area contributed by atoms with Gasteiger partial charge in [0.25, 0.3) is 11.5 Å². The summed E-state index contributed by atoms with van der Waals surface area (Å²) in [7, 11) is 1.27. The van der Waals surface area contributed by atoms with Crippen molar-refractivity contribution in [3.8, 4) is 0 Å². The number of H-pyrrole nitrogens is 1. The molecule has 0 atom stereocenters. The van der Waals surface area contributed by atoms with Crippen LogP contribution in [0.25, 0.3) is 22.0 Å². The normalized spacial score (nSPS) is 11.3. The van der Waals surface area contributed by atoms with Gasteiger partial charge in [-0.2, -0.15) is 0 Å². The summed E-state index contributed by atoms with van der Waals surface area (Å²) in [5.74, 6) is -0.755. The van der Waals surface area contributed by atoms with Gasteiger partial charge in [-0.1, -0.05) is 47.5 Å². The van der Waals surface area contributed by atoms with E-state index in [-0.39, 0.29) is 22.3 Å². The molecule has 1 amide bonds. The van der Waals surface area contributed by atoms with Gasteiger partial charge in [-0.05, 0) is 54.1 Å². The summed E-state index contributed by atoms with van der Waals surface area (Å²) in [5, 5.41) is 3.62. The highest BCUT2D eigenvalue weighted by molar-refractivity contribution is 6.50. The molecule has 0 fully saturated rings. The molecule has 170 valence electrons. The van der Waals surface area contributed by atoms with Crippen molar-refractivity contribution in [3.05, 3.63) is 105 Å². The Morgan fingerprint density at radius 3 is 2.62 bits per heavy atom. The van der Waals surface area contributed by atoms with Crippen molar-refractivity contribution in [2.24, 2.45) is 0 Å². The molecule has 0 aliphatic carbocycles. The number of hydrogen-bond acceptors (Lipinski definition) is 5. The van der Waals surface area contributed by atoms with E-state index in [0.717, 1.165) is 0 Å². The Balaban J connectivity index is 1.63. The molecule has 0 radical (unpaired) electrons. The number of nitrogens with zero attached hydrogens (tertiary/aromatic N) is 1. The number of anilines is 1. The molecule has 3 aromatic carbocycles. The number of ether oxygens (including phenoxy) is 1. The van der Waals surface area contributed by atoms with E-state index in [1.807, 2.05) is 0 Å². The van der Waals surface area contributed by atoms with Crippen molar-refractivity contribution < 1.29 is 14.3 Å². The van der Waals surface area contributed by atoms with E-state index in [4.69, 9.17) is 27.9 Å². The second-order valence-corrected chi connectivity index (χ2v) is 8.00. The van der Waals surface area contributed by atoms with E-state index >= 15 is 0 Å². The fraction of sp³-hybridized carbons (Fsp3) is 0.0400. The van der Waals surface area contributed by atoms with Gasteiger partial charge in [0.05, 0.1) is 39.2 Å². The Morgan fingerprint density at radius 1 is 1.06 bits per heavy atom. The number of hydrogen-bond donors (Lipinski definition) is 2. The van der Waals surface area contributed by atoms with Gasteiger partial charge >= 0.3 is 5.97 Å². The number of carbonyl (C=O) groups is 2.